The largest absolute Gasteiger partial charge is 0.354 e. The van der Waals surface area contributed by atoms with Crippen LogP contribution >= 0.6 is 0 Å². The Kier molecular flexibility index (Phi) is 4.47. The van der Waals surface area contributed by atoms with Gasteiger partial charge in [-0.25, -0.2) is 10.2 Å². The van der Waals surface area contributed by atoms with Crippen molar-refractivity contribution in [1.29, 1.82) is 0 Å². The van der Waals surface area contributed by atoms with Crippen LogP contribution in [0.5, 0.6) is 0 Å². The molecule has 0 unspecified atom stereocenters. The fraction of sp³-hybridized carbons (Fsp3) is 0.588. The molecule has 4 nitrogen and oxygen atoms in total. The molecule has 0 aromatic heterocycles. The van der Waals surface area contributed by atoms with E-state index in [0.29, 0.717) is 0 Å². The summed E-state index contributed by atoms with van der Waals surface area (Å²) >= 11 is 0. The molecule has 1 heterocycles. The number of hydrogen-bond acceptors (Lipinski definition) is 3. The monoisotopic (exact) mass is 307 g/mol. The van der Waals surface area contributed by atoms with Gasteiger partial charge in [-0.3, -0.25) is 10.2 Å². The first-order valence-electron chi connectivity index (χ1n) is 7.78. The Bertz CT molecular complexity index is 571. The minimum Gasteiger partial charge on any atom is -0.354 e. The van der Waals surface area contributed by atoms with Crippen molar-refractivity contribution in [3.05, 3.63) is 29.6 Å². The quantitative estimate of drug-likeness (QED) is 0.513. The van der Waals surface area contributed by atoms with Crippen molar-refractivity contribution in [3.8, 4) is 0 Å². The van der Waals surface area contributed by atoms with Crippen LogP contribution < -0.4 is 16.2 Å². The van der Waals surface area contributed by atoms with E-state index in [4.69, 9.17) is 5.84 Å². The summed E-state index contributed by atoms with van der Waals surface area (Å²) in [4.78, 5) is 14.5. The molecule has 0 saturated carbocycles. The number of carbonyl (C=O) groups is 1. The number of amides is 1. The number of anilines is 1. The normalized spacial score (nSPS) is 21.5. The summed E-state index contributed by atoms with van der Waals surface area (Å²) < 4.78 is 13.7. The lowest BCUT2D eigenvalue weighted by molar-refractivity contribution is -0.123. The molecule has 0 saturated heterocycles. The van der Waals surface area contributed by atoms with Gasteiger partial charge in [-0.05, 0) is 55.9 Å². The van der Waals surface area contributed by atoms with Crippen LogP contribution in [0.2, 0.25) is 0 Å². The number of nitrogens with one attached hydrogen (secondary N) is 1. The number of fused-ring (bicyclic) bond motifs is 1. The number of nitrogens with two attached hydrogens (primary N) is 1. The first kappa shape index (κ1) is 16.7. The van der Waals surface area contributed by atoms with Crippen molar-refractivity contribution in [2.75, 3.05) is 4.90 Å². The minimum atomic E-state index is -0.392. The lowest BCUT2D eigenvalue weighted by Crippen LogP contribution is -2.61. The molecule has 1 amide bonds. The maximum absolute atomic E-state index is 13.7. The van der Waals surface area contributed by atoms with E-state index in [0.717, 1.165) is 17.7 Å². The molecule has 2 atom stereocenters. The summed E-state index contributed by atoms with van der Waals surface area (Å²) in [5, 5.41) is 0. The van der Waals surface area contributed by atoms with Gasteiger partial charge in [0.15, 0.2) is 0 Å². The maximum Gasteiger partial charge on any atom is 0.256 e. The molecule has 1 aliphatic heterocycles. The number of hydrazine groups is 1. The highest BCUT2D eigenvalue weighted by Gasteiger charge is 2.43. The third kappa shape index (κ3) is 2.82. The SMILES string of the molecule is CC(C)[C@H](C(=O)NN)N1c2ccc(F)cc2[C@H](C)CC1(C)C. The molecule has 0 spiro atoms. The zero-order valence-electron chi connectivity index (χ0n) is 14.0. The Balaban J connectivity index is 2.61. The predicted molar refractivity (Wildman–Crippen MR) is 86.9 cm³/mol. The van der Waals surface area contributed by atoms with Crippen LogP contribution in [-0.4, -0.2) is 17.5 Å². The van der Waals surface area contributed by atoms with Crippen LogP contribution in [0.15, 0.2) is 18.2 Å². The number of hydrogen-bond donors (Lipinski definition) is 2. The molecule has 3 N–H and O–H groups in total. The molecule has 22 heavy (non-hydrogen) atoms. The molecule has 1 aromatic carbocycles. The number of carbonyl (C=O) groups excluding carboxylic acids is 1. The third-order valence-corrected chi connectivity index (χ3v) is 4.56. The molecule has 1 aromatic rings. The zero-order valence-corrected chi connectivity index (χ0v) is 14.0. The van der Waals surface area contributed by atoms with Crippen molar-refractivity contribution < 1.29 is 9.18 Å². The van der Waals surface area contributed by atoms with Crippen molar-refractivity contribution >= 4 is 11.6 Å². The van der Waals surface area contributed by atoms with Crippen molar-refractivity contribution in [2.45, 2.75) is 58.5 Å². The molecule has 0 aliphatic carbocycles. The van der Waals surface area contributed by atoms with Crippen molar-refractivity contribution in [3.63, 3.8) is 0 Å². The summed E-state index contributed by atoms with van der Waals surface area (Å²) in [6.07, 6.45) is 0.852. The highest BCUT2D eigenvalue weighted by molar-refractivity contribution is 5.86. The van der Waals surface area contributed by atoms with Gasteiger partial charge in [-0.15, -0.1) is 0 Å². The highest BCUT2D eigenvalue weighted by Crippen LogP contribution is 2.45. The topological polar surface area (TPSA) is 58.4 Å². The summed E-state index contributed by atoms with van der Waals surface area (Å²) in [5.41, 5.74) is 3.94. The highest BCUT2D eigenvalue weighted by atomic mass is 19.1. The number of rotatable bonds is 3. The van der Waals surface area contributed by atoms with Crippen LogP contribution in [0, 0.1) is 11.7 Å². The number of nitrogens with zero attached hydrogens (tertiary/aromatic N) is 1. The molecule has 0 bridgehead atoms. The summed E-state index contributed by atoms with van der Waals surface area (Å²) in [5.74, 6) is 5.25. The predicted octanol–water partition coefficient (Wildman–Crippen LogP) is 2.93. The Morgan fingerprint density at radius 1 is 1.45 bits per heavy atom. The van der Waals surface area contributed by atoms with Gasteiger partial charge >= 0.3 is 0 Å². The molecule has 0 radical (unpaired) electrons. The van der Waals surface area contributed by atoms with E-state index < -0.39 is 6.04 Å². The smallest absolute Gasteiger partial charge is 0.256 e. The Morgan fingerprint density at radius 2 is 2.09 bits per heavy atom. The van der Waals surface area contributed by atoms with Crippen LogP contribution in [-0.2, 0) is 4.79 Å². The second-order valence-electron chi connectivity index (χ2n) is 7.19. The molecular weight excluding hydrogens is 281 g/mol. The average molecular weight is 307 g/mol. The number of benzene rings is 1. The van der Waals surface area contributed by atoms with Crippen LogP contribution in [0.1, 0.15) is 52.5 Å². The summed E-state index contributed by atoms with van der Waals surface area (Å²) in [6.45, 7) is 10.3. The maximum atomic E-state index is 13.7. The molecule has 1 aliphatic rings. The second-order valence-corrected chi connectivity index (χ2v) is 7.19. The standard InChI is InChI=1S/C17H26FN3O/c1-10(2)15(16(22)20-19)21-14-7-6-12(18)8-13(14)11(3)9-17(21,4)5/h6-8,10-11,15H,9,19H2,1-5H3,(H,20,22)/t11-,15-/m1/s1. The van der Waals surface area contributed by atoms with Gasteiger partial charge in [0.1, 0.15) is 11.9 Å². The van der Waals surface area contributed by atoms with Gasteiger partial charge in [0, 0.05) is 11.2 Å². The summed E-state index contributed by atoms with van der Waals surface area (Å²) in [6, 6.07) is 4.43. The van der Waals surface area contributed by atoms with E-state index in [9.17, 15) is 9.18 Å². The van der Waals surface area contributed by atoms with E-state index in [1.807, 2.05) is 13.8 Å². The Hall–Kier alpha value is -1.62. The molecule has 0 fully saturated rings. The molecule has 2 rings (SSSR count). The van der Waals surface area contributed by atoms with E-state index in [1.54, 1.807) is 12.1 Å². The third-order valence-electron chi connectivity index (χ3n) is 4.56. The lowest BCUT2D eigenvalue weighted by atomic mass is 9.78. The first-order chi connectivity index (χ1) is 10.2. The van der Waals surface area contributed by atoms with Crippen LogP contribution in [0.4, 0.5) is 10.1 Å². The average Bonchev–Trinajstić information content (AvgIpc) is 2.42. The fourth-order valence-corrected chi connectivity index (χ4v) is 3.75. The van der Waals surface area contributed by atoms with Crippen molar-refractivity contribution in [2.24, 2.45) is 11.8 Å². The summed E-state index contributed by atoms with van der Waals surface area (Å²) in [7, 11) is 0. The molecule has 122 valence electrons. The van der Waals surface area contributed by atoms with E-state index in [2.05, 4.69) is 31.1 Å². The van der Waals surface area contributed by atoms with Gasteiger partial charge in [0.2, 0.25) is 0 Å². The van der Waals surface area contributed by atoms with Gasteiger partial charge in [0.05, 0.1) is 0 Å². The molecular formula is C17H26FN3O. The van der Waals surface area contributed by atoms with Gasteiger partial charge in [-0.2, -0.15) is 0 Å². The van der Waals surface area contributed by atoms with E-state index in [-0.39, 0.29) is 29.1 Å². The van der Waals surface area contributed by atoms with Gasteiger partial charge in [0.25, 0.3) is 5.91 Å². The van der Waals surface area contributed by atoms with E-state index >= 15 is 0 Å². The zero-order chi connectivity index (χ0) is 16.7. The van der Waals surface area contributed by atoms with Crippen molar-refractivity contribution in [1.82, 2.24) is 5.43 Å². The fourth-order valence-electron chi connectivity index (χ4n) is 3.75. The van der Waals surface area contributed by atoms with E-state index in [1.165, 1.54) is 6.07 Å². The minimum absolute atomic E-state index is 0.0779. The van der Waals surface area contributed by atoms with Gasteiger partial charge < -0.3 is 4.90 Å². The lowest BCUT2D eigenvalue weighted by Gasteiger charge is -2.51. The Morgan fingerprint density at radius 3 is 2.64 bits per heavy atom. The Labute approximate surface area is 131 Å². The first-order valence-corrected chi connectivity index (χ1v) is 7.78. The second kappa shape index (κ2) is 5.88. The van der Waals surface area contributed by atoms with Crippen LogP contribution in [0.25, 0.3) is 0 Å². The van der Waals surface area contributed by atoms with Crippen LogP contribution in [0.3, 0.4) is 0 Å². The number of halogens is 1. The van der Waals surface area contributed by atoms with Gasteiger partial charge in [-0.1, -0.05) is 20.8 Å². The molecule has 5 heteroatoms.